The van der Waals surface area contributed by atoms with Crippen LogP contribution in [0, 0.1) is 11.8 Å². The van der Waals surface area contributed by atoms with E-state index in [1.807, 2.05) is 0 Å². The van der Waals surface area contributed by atoms with Crippen LogP contribution < -0.4 is 0 Å². The predicted octanol–water partition coefficient (Wildman–Crippen LogP) is -0.379. The topological polar surface area (TPSA) is 49.8 Å². The van der Waals surface area contributed by atoms with Crippen molar-refractivity contribution in [3.8, 4) is 11.8 Å². The van der Waals surface area contributed by atoms with Crippen molar-refractivity contribution < 1.29 is 14.6 Å². The normalized spacial score (nSPS) is 16.1. The molecule has 0 unspecified atom stereocenters. The zero-order chi connectivity index (χ0) is 10.2. The number of carbonyl (C=O) groups excluding carboxylic acids is 1. The van der Waals surface area contributed by atoms with Crippen LogP contribution in [0.3, 0.4) is 0 Å². The van der Waals surface area contributed by atoms with Crippen LogP contribution in [0.15, 0.2) is 0 Å². The third-order valence-electron chi connectivity index (χ3n) is 2.06. The Morgan fingerprint density at radius 1 is 1.36 bits per heavy atom. The molecule has 1 aliphatic heterocycles. The predicted molar refractivity (Wildman–Crippen MR) is 51.5 cm³/mol. The highest BCUT2D eigenvalue weighted by atomic mass is 16.5. The molecule has 0 aliphatic carbocycles. The fourth-order valence-electron chi connectivity index (χ4n) is 1.32. The molecular weight excluding hydrogens is 182 g/mol. The van der Waals surface area contributed by atoms with E-state index in [0.717, 1.165) is 19.6 Å². The van der Waals surface area contributed by atoms with Crippen LogP contribution in [-0.4, -0.2) is 48.8 Å². The molecule has 0 aromatic rings. The summed E-state index contributed by atoms with van der Waals surface area (Å²) in [5.74, 6) is 5.03. The Bertz CT molecular complexity index is 235. The molecule has 0 saturated carbocycles. The molecule has 0 bridgehead atoms. The summed E-state index contributed by atoms with van der Waals surface area (Å²) < 4.78 is 4.57. The van der Waals surface area contributed by atoms with E-state index >= 15 is 0 Å². The van der Waals surface area contributed by atoms with E-state index in [9.17, 15) is 4.79 Å². The fourth-order valence-corrected chi connectivity index (χ4v) is 1.32. The van der Waals surface area contributed by atoms with Gasteiger partial charge in [-0.2, -0.15) is 0 Å². The van der Waals surface area contributed by atoms with Crippen molar-refractivity contribution >= 4 is 5.97 Å². The number of ether oxygens (including phenoxy) is 1. The molecule has 0 amide bonds. The van der Waals surface area contributed by atoms with Crippen LogP contribution >= 0.6 is 0 Å². The van der Waals surface area contributed by atoms with Crippen LogP contribution in [0.2, 0.25) is 0 Å². The molecule has 1 heterocycles. The zero-order valence-corrected chi connectivity index (χ0v) is 8.16. The maximum absolute atomic E-state index is 10.5. The summed E-state index contributed by atoms with van der Waals surface area (Å²) in [5, 5.41) is 8.33. The molecule has 1 rings (SSSR count). The number of nitrogens with zero attached hydrogens (tertiary/aromatic N) is 1. The molecule has 0 spiro atoms. The van der Waals surface area contributed by atoms with Crippen LogP contribution in [0.1, 0.15) is 12.8 Å². The first-order valence-corrected chi connectivity index (χ1v) is 4.77. The Kier molecular flexibility index (Phi) is 5.05. The number of aliphatic hydroxyl groups excluding tert-OH is 1. The summed E-state index contributed by atoms with van der Waals surface area (Å²) in [4.78, 5) is 12.7. The van der Waals surface area contributed by atoms with Crippen molar-refractivity contribution in [2.75, 3.05) is 32.8 Å². The smallest absolute Gasteiger partial charge is 0.332 e. The van der Waals surface area contributed by atoms with E-state index in [1.54, 1.807) is 0 Å². The van der Waals surface area contributed by atoms with Gasteiger partial charge in [-0.3, -0.25) is 4.90 Å². The lowest BCUT2D eigenvalue weighted by atomic mass is 10.4. The zero-order valence-electron chi connectivity index (χ0n) is 8.16. The third-order valence-corrected chi connectivity index (χ3v) is 2.06. The van der Waals surface area contributed by atoms with Crippen LogP contribution in [0.25, 0.3) is 0 Å². The molecule has 78 valence electrons. The van der Waals surface area contributed by atoms with Gasteiger partial charge in [-0.05, 0) is 25.9 Å². The van der Waals surface area contributed by atoms with Gasteiger partial charge in [-0.15, -0.1) is 0 Å². The molecule has 14 heavy (non-hydrogen) atoms. The molecule has 1 saturated heterocycles. The summed E-state index contributed by atoms with van der Waals surface area (Å²) >= 11 is 0. The molecule has 1 N–H and O–H groups in total. The van der Waals surface area contributed by atoms with Crippen molar-refractivity contribution in [1.29, 1.82) is 0 Å². The Morgan fingerprint density at radius 2 is 2.07 bits per heavy atom. The number of hydrogen-bond donors (Lipinski definition) is 1. The maximum Gasteiger partial charge on any atom is 0.332 e. The summed E-state index contributed by atoms with van der Waals surface area (Å²) in [7, 11) is 0. The lowest BCUT2D eigenvalue weighted by molar-refractivity contribution is -0.145. The summed E-state index contributed by atoms with van der Waals surface area (Å²) in [5.41, 5.74) is 0. The van der Waals surface area contributed by atoms with Crippen molar-refractivity contribution in [3.05, 3.63) is 0 Å². The van der Waals surface area contributed by atoms with Crippen LogP contribution in [0.4, 0.5) is 0 Å². The summed E-state index contributed by atoms with van der Waals surface area (Å²) in [6.45, 7) is 2.48. The van der Waals surface area contributed by atoms with Crippen molar-refractivity contribution in [3.63, 3.8) is 0 Å². The first-order chi connectivity index (χ1) is 6.83. The van der Waals surface area contributed by atoms with Gasteiger partial charge in [0.15, 0.2) is 6.61 Å². The molecule has 4 nitrogen and oxygen atoms in total. The first-order valence-electron chi connectivity index (χ1n) is 4.77. The van der Waals surface area contributed by atoms with Crippen molar-refractivity contribution in [1.82, 2.24) is 4.90 Å². The molecule has 4 heteroatoms. The minimum absolute atomic E-state index is 0.0766. The van der Waals surface area contributed by atoms with Crippen LogP contribution in [-0.2, 0) is 9.53 Å². The van der Waals surface area contributed by atoms with Gasteiger partial charge in [-0.25, -0.2) is 4.79 Å². The molecule has 0 atom stereocenters. The molecule has 1 fully saturated rings. The van der Waals surface area contributed by atoms with Crippen LogP contribution in [0.5, 0.6) is 0 Å². The standard InChI is InChI=1S/C10H15NO3/c12-9-10(13)14-8-4-3-7-11-5-1-2-6-11/h12H,1-2,5-9H2. The van der Waals surface area contributed by atoms with E-state index in [-0.39, 0.29) is 6.61 Å². The van der Waals surface area contributed by atoms with Gasteiger partial charge in [0, 0.05) is 0 Å². The number of esters is 1. The molecular formula is C10H15NO3. The largest absolute Gasteiger partial charge is 0.451 e. The second-order valence-corrected chi connectivity index (χ2v) is 3.16. The quantitative estimate of drug-likeness (QED) is 0.495. The van der Waals surface area contributed by atoms with Gasteiger partial charge in [0.2, 0.25) is 0 Å². The molecule has 0 radical (unpaired) electrons. The Morgan fingerprint density at radius 3 is 2.71 bits per heavy atom. The third kappa shape index (κ3) is 4.26. The highest BCUT2D eigenvalue weighted by Gasteiger charge is 2.08. The van der Waals surface area contributed by atoms with Gasteiger partial charge in [0.1, 0.15) is 6.61 Å². The average Bonchev–Trinajstić information content (AvgIpc) is 2.69. The SMILES string of the molecule is O=C(CO)OCC#CCN1CCCC1. The molecule has 0 aromatic carbocycles. The Balaban J connectivity index is 2.05. The number of carbonyl (C=O) groups is 1. The van der Waals surface area contributed by atoms with Gasteiger partial charge >= 0.3 is 5.97 Å². The number of aliphatic hydroxyl groups is 1. The average molecular weight is 197 g/mol. The Hall–Kier alpha value is -1.05. The maximum atomic E-state index is 10.5. The number of hydrogen-bond acceptors (Lipinski definition) is 4. The highest BCUT2D eigenvalue weighted by Crippen LogP contribution is 2.05. The van der Waals surface area contributed by atoms with Gasteiger partial charge < -0.3 is 9.84 Å². The van der Waals surface area contributed by atoms with E-state index in [1.165, 1.54) is 12.8 Å². The first kappa shape index (κ1) is 11.0. The number of rotatable bonds is 3. The second kappa shape index (κ2) is 6.41. The lowest BCUT2D eigenvalue weighted by Crippen LogP contribution is -2.19. The van der Waals surface area contributed by atoms with Gasteiger partial charge in [0.05, 0.1) is 6.54 Å². The fraction of sp³-hybridized carbons (Fsp3) is 0.700. The van der Waals surface area contributed by atoms with E-state index in [0.29, 0.717) is 0 Å². The summed E-state index contributed by atoms with van der Waals surface area (Å²) in [6, 6.07) is 0. The van der Waals surface area contributed by atoms with E-state index in [2.05, 4.69) is 21.5 Å². The van der Waals surface area contributed by atoms with Gasteiger partial charge in [0.25, 0.3) is 0 Å². The van der Waals surface area contributed by atoms with E-state index in [4.69, 9.17) is 5.11 Å². The second-order valence-electron chi connectivity index (χ2n) is 3.16. The molecule has 1 aliphatic rings. The van der Waals surface area contributed by atoms with Crippen molar-refractivity contribution in [2.24, 2.45) is 0 Å². The number of likely N-dealkylation sites (tertiary alicyclic amines) is 1. The lowest BCUT2D eigenvalue weighted by Gasteiger charge is -2.08. The Labute approximate surface area is 83.8 Å². The summed E-state index contributed by atoms with van der Waals surface area (Å²) in [6.07, 6.45) is 2.50. The minimum Gasteiger partial charge on any atom is -0.451 e. The highest BCUT2D eigenvalue weighted by molar-refractivity contribution is 5.70. The van der Waals surface area contributed by atoms with E-state index < -0.39 is 12.6 Å². The van der Waals surface area contributed by atoms with Gasteiger partial charge in [-0.1, -0.05) is 11.8 Å². The monoisotopic (exact) mass is 197 g/mol. The minimum atomic E-state index is -0.625. The molecule has 0 aromatic heterocycles. The van der Waals surface area contributed by atoms with Crippen molar-refractivity contribution in [2.45, 2.75) is 12.8 Å².